The Balaban J connectivity index is 2.08. The van der Waals surface area contributed by atoms with E-state index in [4.69, 9.17) is 5.41 Å². The Hall–Kier alpha value is -1.59. The number of likely N-dealkylation sites (tertiary alicyclic amines) is 1. The number of hydrogen-bond donors (Lipinski definition) is 1. The maximum Gasteiger partial charge on any atom is 0.471 e. The van der Waals surface area contributed by atoms with Crippen molar-refractivity contribution in [2.75, 3.05) is 13.1 Å². The highest BCUT2D eigenvalue weighted by Crippen LogP contribution is 2.32. The molecule has 0 radical (unpaired) electrons. The molecule has 0 saturated carbocycles. The minimum absolute atomic E-state index is 0.103. The molecule has 0 spiro atoms. The molecule has 1 saturated heterocycles. The molecular weight excluding hydrogens is 257 g/mol. The molecule has 104 valence electrons. The van der Waals surface area contributed by atoms with Crippen LogP contribution in [0.15, 0.2) is 23.3 Å². The van der Waals surface area contributed by atoms with Gasteiger partial charge >= 0.3 is 12.1 Å². The fourth-order valence-corrected chi connectivity index (χ4v) is 2.57. The third-order valence-corrected chi connectivity index (χ3v) is 3.63. The molecule has 19 heavy (non-hydrogen) atoms. The van der Waals surface area contributed by atoms with Gasteiger partial charge in [0.05, 0.1) is 0 Å². The average molecular weight is 272 g/mol. The summed E-state index contributed by atoms with van der Waals surface area (Å²) in [5.41, 5.74) is 1.85. The minimum Gasteiger partial charge on any atom is -0.335 e. The molecule has 0 bridgehead atoms. The van der Waals surface area contributed by atoms with Crippen LogP contribution in [0.25, 0.3) is 0 Å². The molecule has 2 aliphatic rings. The molecule has 1 aliphatic heterocycles. The number of fused-ring (bicyclic) bond motifs is 1. The van der Waals surface area contributed by atoms with Crippen LogP contribution in [0.4, 0.5) is 13.2 Å². The first kappa shape index (κ1) is 13.8. The molecular formula is C13H15F3N2O. The van der Waals surface area contributed by atoms with Crippen molar-refractivity contribution >= 4 is 12.1 Å². The molecule has 0 aromatic rings. The van der Waals surface area contributed by atoms with Gasteiger partial charge in [0.25, 0.3) is 0 Å². The average Bonchev–Trinajstić information content (AvgIpc) is 2.58. The molecule has 1 N–H and O–H groups in total. The summed E-state index contributed by atoms with van der Waals surface area (Å²) in [6.45, 7) is 0.250. The van der Waals surface area contributed by atoms with Crippen molar-refractivity contribution in [2.45, 2.75) is 25.4 Å². The highest BCUT2D eigenvalue weighted by molar-refractivity contribution is 5.82. The van der Waals surface area contributed by atoms with Crippen LogP contribution in [0, 0.1) is 11.3 Å². The summed E-state index contributed by atoms with van der Waals surface area (Å²) >= 11 is 0. The quantitative estimate of drug-likeness (QED) is 0.733. The Bertz CT molecular complexity index is 451. The maximum absolute atomic E-state index is 12.4. The molecule has 3 nitrogen and oxygen atoms in total. The van der Waals surface area contributed by atoms with E-state index in [9.17, 15) is 18.0 Å². The fraction of sp³-hybridized carbons (Fsp3) is 0.538. The normalized spacial score (nSPS) is 23.9. The van der Waals surface area contributed by atoms with Crippen LogP contribution in [-0.4, -0.2) is 36.3 Å². The molecule has 1 amide bonds. The predicted molar refractivity (Wildman–Crippen MR) is 64.9 cm³/mol. The van der Waals surface area contributed by atoms with Gasteiger partial charge < -0.3 is 10.3 Å². The van der Waals surface area contributed by atoms with Crippen molar-refractivity contribution in [1.82, 2.24) is 4.90 Å². The van der Waals surface area contributed by atoms with E-state index in [-0.39, 0.29) is 19.0 Å². The van der Waals surface area contributed by atoms with E-state index in [0.717, 1.165) is 22.5 Å². The molecule has 0 aromatic carbocycles. The Kier molecular flexibility index (Phi) is 3.78. The van der Waals surface area contributed by atoms with Crippen molar-refractivity contribution in [1.29, 1.82) is 5.41 Å². The zero-order chi connectivity index (χ0) is 14.0. The number of alkyl halides is 3. The lowest BCUT2D eigenvalue weighted by Gasteiger charge is -2.21. The largest absolute Gasteiger partial charge is 0.471 e. The number of carbonyl (C=O) groups excluding carboxylic acids is 1. The van der Waals surface area contributed by atoms with E-state index in [1.54, 1.807) is 0 Å². The van der Waals surface area contributed by atoms with Crippen molar-refractivity contribution in [3.8, 4) is 0 Å². The summed E-state index contributed by atoms with van der Waals surface area (Å²) in [5, 5.41) is 7.20. The number of hydrogen-bond acceptors (Lipinski definition) is 2. The van der Waals surface area contributed by atoms with Crippen molar-refractivity contribution in [2.24, 2.45) is 5.92 Å². The zero-order valence-corrected chi connectivity index (χ0v) is 10.3. The summed E-state index contributed by atoms with van der Waals surface area (Å²) in [6, 6.07) is 0. The second-order valence-corrected chi connectivity index (χ2v) is 4.83. The van der Waals surface area contributed by atoms with Crippen LogP contribution in [-0.2, 0) is 4.79 Å². The number of halogens is 3. The standard InChI is InChI=1S/C13H15F3N2O/c14-13(15,16)12(19)18-5-3-10-2-1-9(8-17)7-11(10)4-6-18/h1,7-8,10,17H,2-6H2. The first-order chi connectivity index (χ1) is 8.91. The fourth-order valence-electron chi connectivity index (χ4n) is 2.57. The SMILES string of the molecule is N=CC1=CCC2CCN(C(=O)C(F)(F)F)CCC2=C1. The highest BCUT2D eigenvalue weighted by atomic mass is 19.4. The van der Waals surface area contributed by atoms with Gasteiger partial charge in [0.15, 0.2) is 0 Å². The number of carbonyl (C=O) groups is 1. The molecule has 1 aliphatic carbocycles. The van der Waals surface area contributed by atoms with Gasteiger partial charge in [-0.2, -0.15) is 13.2 Å². The van der Waals surface area contributed by atoms with Gasteiger partial charge in [-0.05, 0) is 30.8 Å². The molecule has 1 fully saturated rings. The molecule has 1 heterocycles. The number of nitrogens with zero attached hydrogens (tertiary/aromatic N) is 1. The highest BCUT2D eigenvalue weighted by Gasteiger charge is 2.43. The Morgan fingerprint density at radius 2 is 2.16 bits per heavy atom. The van der Waals surface area contributed by atoms with Crippen molar-refractivity contribution in [3.05, 3.63) is 23.3 Å². The summed E-state index contributed by atoms with van der Waals surface area (Å²) in [6.07, 6.45) is 1.98. The number of allylic oxidation sites excluding steroid dienone is 3. The van der Waals surface area contributed by atoms with Gasteiger partial charge in [0, 0.05) is 19.3 Å². The van der Waals surface area contributed by atoms with Crippen LogP contribution < -0.4 is 0 Å². The Morgan fingerprint density at radius 1 is 1.42 bits per heavy atom. The smallest absolute Gasteiger partial charge is 0.335 e. The van der Waals surface area contributed by atoms with Gasteiger partial charge in [0.2, 0.25) is 0 Å². The Morgan fingerprint density at radius 3 is 2.79 bits per heavy atom. The predicted octanol–water partition coefficient (Wildman–Crippen LogP) is 2.69. The van der Waals surface area contributed by atoms with E-state index < -0.39 is 12.1 Å². The molecule has 0 aromatic heterocycles. The van der Waals surface area contributed by atoms with Gasteiger partial charge in [0.1, 0.15) is 0 Å². The maximum atomic E-state index is 12.4. The second-order valence-electron chi connectivity index (χ2n) is 4.83. The van der Waals surface area contributed by atoms with Crippen LogP contribution in [0.1, 0.15) is 19.3 Å². The zero-order valence-electron chi connectivity index (χ0n) is 10.3. The Labute approximate surface area is 109 Å². The van der Waals surface area contributed by atoms with Gasteiger partial charge in [-0.1, -0.05) is 17.7 Å². The molecule has 2 rings (SSSR count). The first-order valence-corrected chi connectivity index (χ1v) is 6.19. The van der Waals surface area contributed by atoms with Crippen molar-refractivity contribution < 1.29 is 18.0 Å². The number of nitrogens with one attached hydrogen (secondary N) is 1. The van der Waals surface area contributed by atoms with Crippen LogP contribution in [0.2, 0.25) is 0 Å². The summed E-state index contributed by atoms with van der Waals surface area (Å²) in [7, 11) is 0. The van der Waals surface area contributed by atoms with Gasteiger partial charge in [-0.25, -0.2) is 0 Å². The monoisotopic (exact) mass is 272 g/mol. The summed E-state index contributed by atoms with van der Waals surface area (Å²) < 4.78 is 37.2. The third-order valence-electron chi connectivity index (χ3n) is 3.63. The first-order valence-electron chi connectivity index (χ1n) is 6.19. The lowest BCUT2D eigenvalue weighted by Crippen LogP contribution is -2.41. The molecule has 1 unspecified atom stereocenters. The van der Waals surface area contributed by atoms with E-state index in [1.165, 1.54) is 6.21 Å². The van der Waals surface area contributed by atoms with Gasteiger partial charge in [-0.3, -0.25) is 4.79 Å². The van der Waals surface area contributed by atoms with Crippen LogP contribution in [0.5, 0.6) is 0 Å². The topological polar surface area (TPSA) is 44.2 Å². The second kappa shape index (κ2) is 5.19. The van der Waals surface area contributed by atoms with Crippen LogP contribution >= 0.6 is 0 Å². The van der Waals surface area contributed by atoms with Crippen molar-refractivity contribution in [3.63, 3.8) is 0 Å². The summed E-state index contributed by atoms with van der Waals surface area (Å²) in [5.74, 6) is -1.54. The summed E-state index contributed by atoms with van der Waals surface area (Å²) in [4.78, 5) is 12.1. The molecule has 6 heteroatoms. The van der Waals surface area contributed by atoms with E-state index >= 15 is 0 Å². The van der Waals surface area contributed by atoms with E-state index in [2.05, 4.69) is 0 Å². The van der Waals surface area contributed by atoms with E-state index in [0.29, 0.717) is 12.8 Å². The molecule has 1 atom stereocenters. The number of rotatable bonds is 1. The third kappa shape index (κ3) is 3.05. The van der Waals surface area contributed by atoms with Crippen LogP contribution in [0.3, 0.4) is 0 Å². The lowest BCUT2D eigenvalue weighted by molar-refractivity contribution is -0.185. The lowest BCUT2D eigenvalue weighted by atomic mass is 9.85. The minimum atomic E-state index is -4.79. The number of amides is 1. The van der Waals surface area contributed by atoms with Gasteiger partial charge in [-0.15, -0.1) is 0 Å². The van der Waals surface area contributed by atoms with E-state index in [1.807, 2.05) is 12.2 Å².